The molecule has 0 aromatic rings. The van der Waals surface area contributed by atoms with Gasteiger partial charge >= 0.3 is 5.97 Å². The highest BCUT2D eigenvalue weighted by atomic mass is 32.2. The molecule has 10 nitrogen and oxygen atoms in total. The van der Waals surface area contributed by atoms with E-state index in [0.717, 1.165) is 6.26 Å². The highest BCUT2D eigenvalue weighted by Gasteiger charge is 2.00. The third-order valence-corrected chi connectivity index (χ3v) is 2.83. The Kier molecular flexibility index (Phi) is 15.2. The molecule has 0 fully saturated rings. The van der Waals surface area contributed by atoms with E-state index in [4.69, 9.17) is 28.8 Å². The van der Waals surface area contributed by atoms with E-state index in [9.17, 15) is 13.2 Å². The van der Waals surface area contributed by atoms with Gasteiger partial charge in [-0.15, -0.1) is 0 Å². The fraction of sp³-hybridized carbons (Fsp3) is 0.923. The maximum atomic E-state index is 10.7. The number of carbonyl (C=O) groups is 1. The van der Waals surface area contributed by atoms with Gasteiger partial charge in [-0.2, -0.15) is 8.42 Å². The molecule has 0 aliphatic heterocycles. The molecule has 11 heteroatoms. The van der Waals surface area contributed by atoms with Crippen LogP contribution in [0.1, 0.15) is 0 Å². The fourth-order valence-corrected chi connectivity index (χ4v) is 1.65. The zero-order valence-corrected chi connectivity index (χ0v) is 14.6. The van der Waals surface area contributed by atoms with Gasteiger partial charge in [-0.3, -0.25) is 4.18 Å². The number of hydrogen-bond donors (Lipinski definition) is 1. The molecule has 1 N–H and O–H groups in total. The summed E-state index contributed by atoms with van der Waals surface area (Å²) in [5, 5.41) is 8.32. The van der Waals surface area contributed by atoms with Gasteiger partial charge in [0.2, 0.25) is 0 Å². The largest absolute Gasteiger partial charge is 0.480 e. The highest BCUT2D eigenvalue weighted by Crippen LogP contribution is 1.87. The first-order chi connectivity index (χ1) is 11.4. The number of hydrogen-bond acceptors (Lipinski definition) is 9. The standard InChI is InChI=1S/C13H26O10S/c1-24(16,17)23-11-10-21-7-6-19-3-2-18-4-5-20-8-9-22-12-13(14)15/h2-12H2,1H3,(H,14,15). The summed E-state index contributed by atoms with van der Waals surface area (Å²) in [5.41, 5.74) is 0. The lowest BCUT2D eigenvalue weighted by Crippen LogP contribution is -2.15. The SMILES string of the molecule is CS(=O)(=O)OCCOCCOCCOCCOCCOCC(=O)O. The van der Waals surface area contributed by atoms with Gasteiger partial charge in [-0.25, -0.2) is 4.79 Å². The maximum Gasteiger partial charge on any atom is 0.329 e. The second-order valence-corrected chi connectivity index (χ2v) is 6.07. The topological polar surface area (TPSA) is 127 Å². The number of ether oxygens (including phenoxy) is 5. The van der Waals surface area contributed by atoms with Crippen LogP contribution >= 0.6 is 0 Å². The Morgan fingerprint density at radius 1 is 0.708 bits per heavy atom. The van der Waals surface area contributed by atoms with Gasteiger partial charge in [0.25, 0.3) is 10.1 Å². The van der Waals surface area contributed by atoms with Crippen LogP contribution in [-0.4, -0.2) is 98.4 Å². The molecule has 0 spiro atoms. The number of carboxylic acids is 1. The van der Waals surface area contributed by atoms with Crippen LogP contribution in [0.25, 0.3) is 0 Å². The molecule has 0 aliphatic carbocycles. The molecule has 0 heterocycles. The molecular weight excluding hydrogens is 348 g/mol. The summed E-state index contributed by atoms with van der Waals surface area (Å²) in [6.45, 7) is 2.71. The molecule has 0 aromatic carbocycles. The van der Waals surface area contributed by atoms with E-state index in [1.807, 2.05) is 0 Å². The second kappa shape index (κ2) is 15.7. The minimum Gasteiger partial charge on any atom is -0.480 e. The number of rotatable bonds is 18. The predicted octanol–water partition coefficient (Wildman–Crippen LogP) is -0.870. The van der Waals surface area contributed by atoms with Gasteiger partial charge in [-0.05, 0) is 0 Å². The van der Waals surface area contributed by atoms with E-state index < -0.39 is 16.1 Å². The summed E-state index contributed by atoms with van der Waals surface area (Å²) in [4.78, 5) is 10.2. The highest BCUT2D eigenvalue weighted by molar-refractivity contribution is 7.85. The normalized spacial score (nSPS) is 11.7. The van der Waals surface area contributed by atoms with Gasteiger partial charge in [0.1, 0.15) is 6.61 Å². The van der Waals surface area contributed by atoms with Crippen LogP contribution in [0.4, 0.5) is 0 Å². The average Bonchev–Trinajstić information content (AvgIpc) is 2.49. The quantitative estimate of drug-likeness (QED) is 0.239. The molecule has 0 saturated heterocycles. The molecule has 0 unspecified atom stereocenters. The third-order valence-electron chi connectivity index (χ3n) is 2.24. The van der Waals surface area contributed by atoms with Crippen molar-refractivity contribution in [1.82, 2.24) is 0 Å². The molecular formula is C13H26O10S. The Bertz CT molecular complexity index is 398. The summed E-state index contributed by atoms with van der Waals surface area (Å²) >= 11 is 0. The van der Waals surface area contributed by atoms with Crippen LogP contribution in [0.15, 0.2) is 0 Å². The van der Waals surface area contributed by atoms with Crippen molar-refractivity contribution in [1.29, 1.82) is 0 Å². The first-order valence-electron chi connectivity index (χ1n) is 7.36. The molecule has 0 amide bonds. The molecule has 0 saturated carbocycles. The van der Waals surface area contributed by atoms with Crippen LogP contribution in [0.5, 0.6) is 0 Å². The first kappa shape index (κ1) is 23.2. The summed E-state index contributed by atoms with van der Waals surface area (Å²) in [5.74, 6) is -1.01. The molecule has 0 aliphatic rings. The van der Waals surface area contributed by atoms with Crippen molar-refractivity contribution in [2.45, 2.75) is 0 Å². The van der Waals surface area contributed by atoms with Crippen LogP contribution in [0, 0.1) is 0 Å². The van der Waals surface area contributed by atoms with Crippen molar-refractivity contribution >= 4 is 16.1 Å². The molecule has 0 radical (unpaired) electrons. The zero-order chi connectivity index (χ0) is 18.1. The molecule has 0 bridgehead atoms. The van der Waals surface area contributed by atoms with Gasteiger partial charge in [0.15, 0.2) is 0 Å². The predicted molar refractivity (Wildman–Crippen MR) is 82.5 cm³/mol. The van der Waals surface area contributed by atoms with Crippen molar-refractivity contribution in [2.24, 2.45) is 0 Å². The van der Waals surface area contributed by atoms with Crippen molar-refractivity contribution in [2.75, 3.05) is 78.9 Å². The van der Waals surface area contributed by atoms with Gasteiger partial charge in [0, 0.05) is 0 Å². The molecule has 0 aromatic heterocycles. The Morgan fingerprint density at radius 2 is 1.04 bits per heavy atom. The van der Waals surface area contributed by atoms with E-state index in [-0.39, 0.29) is 26.4 Å². The first-order valence-corrected chi connectivity index (χ1v) is 9.18. The van der Waals surface area contributed by atoms with Crippen LogP contribution < -0.4 is 0 Å². The minimum atomic E-state index is -3.42. The van der Waals surface area contributed by atoms with Crippen LogP contribution in [0.2, 0.25) is 0 Å². The minimum absolute atomic E-state index is 0.0106. The van der Waals surface area contributed by atoms with E-state index in [1.165, 1.54) is 0 Å². The Labute approximate surface area is 142 Å². The van der Waals surface area contributed by atoms with Crippen LogP contribution in [-0.2, 0) is 42.8 Å². The third kappa shape index (κ3) is 21.2. The van der Waals surface area contributed by atoms with Crippen molar-refractivity contribution in [3.8, 4) is 0 Å². The summed E-state index contributed by atoms with van der Waals surface area (Å²) in [7, 11) is -3.42. The summed E-state index contributed by atoms with van der Waals surface area (Å²) in [6, 6.07) is 0. The molecule has 24 heavy (non-hydrogen) atoms. The lowest BCUT2D eigenvalue weighted by atomic mass is 10.7. The summed E-state index contributed by atoms with van der Waals surface area (Å²) < 4.78 is 51.3. The van der Waals surface area contributed by atoms with Gasteiger partial charge in [-0.1, -0.05) is 0 Å². The van der Waals surface area contributed by atoms with Crippen molar-refractivity contribution in [3.63, 3.8) is 0 Å². The zero-order valence-electron chi connectivity index (χ0n) is 13.8. The molecule has 0 atom stereocenters. The second-order valence-electron chi connectivity index (χ2n) is 4.42. The molecule has 144 valence electrons. The number of aliphatic carboxylic acids is 1. The monoisotopic (exact) mass is 374 g/mol. The van der Waals surface area contributed by atoms with E-state index in [0.29, 0.717) is 46.2 Å². The van der Waals surface area contributed by atoms with Crippen molar-refractivity contribution < 1.29 is 46.2 Å². The maximum absolute atomic E-state index is 10.7. The number of carboxylic acid groups (broad SMARTS) is 1. The molecule has 0 rings (SSSR count). The Hall–Kier alpha value is -0.820. The van der Waals surface area contributed by atoms with Crippen molar-refractivity contribution in [3.05, 3.63) is 0 Å². The van der Waals surface area contributed by atoms with E-state index in [2.05, 4.69) is 4.18 Å². The van der Waals surface area contributed by atoms with Gasteiger partial charge in [0.05, 0.1) is 72.3 Å². The lowest BCUT2D eigenvalue weighted by molar-refractivity contribution is -0.142. The van der Waals surface area contributed by atoms with Crippen LogP contribution in [0.3, 0.4) is 0 Å². The fourth-order valence-electron chi connectivity index (χ4n) is 1.28. The Balaban J connectivity index is 3.06. The lowest BCUT2D eigenvalue weighted by Gasteiger charge is -2.07. The average molecular weight is 374 g/mol. The smallest absolute Gasteiger partial charge is 0.329 e. The summed E-state index contributed by atoms with van der Waals surface area (Å²) in [6.07, 6.45) is 0.981. The van der Waals surface area contributed by atoms with Gasteiger partial charge < -0.3 is 28.8 Å². The van der Waals surface area contributed by atoms with E-state index >= 15 is 0 Å². The van der Waals surface area contributed by atoms with E-state index in [1.54, 1.807) is 0 Å². The Morgan fingerprint density at radius 3 is 1.38 bits per heavy atom.